The van der Waals surface area contributed by atoms with Crippen LogP contribution in [0.3, 0.4) is 0 Å². The van der Waals surface area contributed by atoms with Crippen molar-refractivity contribution in [1.82, 2.24) is 14.1 Å². The second kappa shape index (κ2) is 9.45. The lowest BCUT2D eigenvalue weighted by atomic mass is 10.1. The summed E-state index contributed by atoms with van der Waals surface area (Å²) in [6, 6.07) is 15.8. The van der Waals surface area contributed by atoms with Crippen molar-refractivity contribution < 1.29 is 13.2 Å². The molecule has 7 nitrogen and oxygen atoms in total. The molecule has 0 saturated heterocycles. The molecule has 0 aliphatic rings. The molecule has 0 unspecified atom stereocenters. The van der Waals surface area contributed by atoms with Gasteiger partial charge in [-0.3, -0.25) is 4.79 Å². The first kappa shape index (κ1) is 22.7. The Morgan fingerprint density at radius 1 is 1.10 bits per heavy atom. The van der Waals surface area contributed by atoms with Crippen molar-refractivity contribution in [2.75, 3.05) is 12.4 Å². The maximum atomic E-state index is 12.8. The van der Waals surface area contributed by atoms with Gasteiger partial charge in [-0.1, -0.05) is 37.3 Å². The molecule has 2 aromatic carbocycles. The predicted molar refractivity (Wildman–Crippen MR) is 122 cm³/mol. The van der Waals surface area contributed by atoms with Gasteiger partial charge in [0.05, 0.1) is 17.6 Å². The van der Waals surface area contributed by atoms with Crippen molar-refractivity contribution in [2.24, 2.45) is 0 Å². The van der Waals surface area contributed by atoms with E-state index in [1.165, 1.54) is 29.0 Å². The van der Waals surface area contributed by atoms with Crippen molar-refractivity contribution in [3.8, 4) is 0 Å². The van der Waals surface area contributed by atoms with Crippen LogP contribution in [0.25, 0.3) is 0 Å². The van der Waals surface area contributed by atoms with Gasteiger partial charge in [0.2, 0.25) is 10.0 Å². The third-order valence-corrected chi connectivity index (χ3v) is 7.25. The maximum absolute atomic E-state index is 12.8. The fraction of sp³-hybridized carbons (Fsp3) is 0.304. The Labute approximate surface area is 183 Å². The van der Waals surface area contributed by atoms with E-state index >= 15 is 0 Å². The number of rotatable bonds is 8. The monoisotopic (exact) mass is 440 g/mol. The van der Waals surface area contributed by atoms with Gasteiger partial charge in [-0.05, 0) is 49.6 Å². The molecule has 1 aromatic heterocycles. The number of hydrogen-bond acceptors (Lipinski definition) is 4. The molecule has 3 aromatic rings. The molecule has 8 heteroatoms. The Balaban J connectivity index is 1.78. The highest BCUT2D eigenvalue weighted by Crippen LogP contribution is 2.19. The van der Waals surface area contributed by atoms with Crippen molar-refractivity contribution >= 4 is 21.7 Å². The summed E-state index contributed by atoms with van der Waals surface area (Å²) in [5.74, 6) is 0.143. The SMILES string of the molecule is CCc1ccc(Cn2nccc2NC(=O)c2cccc(S(=O)(=O)N(C)C(C)C)c2)cc1. The molecule has 0 radical (unpaired) electrons. The predicted octanol–water partition coefficient (Wildman–Crippen LogP) is 3.78. The number of carbonyl (C=O) groups is 1. The van der Waals surface area contributed by atoms with Crippen LogP contribution in [0.15, 0.2) is 65.7 Å². The van der Waals surface area contributed by atoms with Gasteiger partial charge >= 0.3 is 0 Å². The Bertz CT molecular complexity index is 1150. The number of carbonyl (C=O) groups excluding carboxylic acids is 1. The third kappa shape index (κ3) is 5.21. The Hall–Kier alpha value is -2.97. The first-order valence-corrected chi connectivity index (χ1v) is 11.7. The Morgan fingerprint density at radius 2 is 1.77 bits per heavy atom. The number of sulfonamides is 1. The number of benzene rings is 2. The minimum absolute atomic E-state index is 0.0841. The highest BCUT2D eigenvalue weighted by atomic mass is 32.2. The van der Waals surface area contributed by atoms with E-state index in [4.69, 9.17) is 0 Å². The van der Waals surface area contributed by atoms with Crippen LogP contribution in [0.1, 0.15) is 42.3 Å². The Kier molecular flexibility index (Phi) is 6.92. The highest BCUT2D eigenvalue weighted by molar-refractivity contribution is 7.89. The lowest BCUT2D eigenvalue weighted by molar-refractivity contribution is 0.102. The molecule has 0 bridgehead atoms. The van der Waals surface area contributed by atoms with Crippen LogP contribution in [0.2, 0.25) is 0 Å². The molecule has 1 heterocycles. The lowest BCUT2D eigenvalue weighted by Gasteiger charge is -2.21. The van der Waals surface area contributed by atoms with Crippen molar-refractivity contribution in [1.29, 1.82) is 0 Å². The first-order chi connectivity index (χ1) is 14.7. The molecule has 0 saturated carbocycles. The van der Waals surface area contributed by atoms with Gasteiger partial charge in [0.1, 0.15) is 5.82 Å². The molecule has 0 aliphatic carbocycles. The summed E-state index contributed by atoms with van der Waals surface area (Å²) in [4.78, 5) is 12.9. The second-order valence-electron chi connectivity index (χ2n) is 7.64. The Morgan fingerprint density at radius 3 is 2.42 bits per heavy atom. The summed E-state index contributed by atoms with van der Waals surface area (Å²) >= 11 is 0. The topological polar surface area (TPSA) is 84.3 Å². The van der Waals surface area contributed by atoms with Crippen LogP contribution in [0.4, 0.5) is 5.82 Å². The normalized spacial score (nSPS) is 11.8. The second-order valence-corrected chi connectivity index (χ2v) is 9.64. The van der Waals surface area contributed by atoms with Gasteiger partial charge in [-0.2, -0.15) is 9.40 Å². The standard InChI is InChI=1S/C23H28N4O3S/c1-5-18-9-11-19(12-10-18)16-27-22(13-14-24-27)25-23(28)20-7-6-8-21(15-20)31(29,30)26(4)17(2)3/h6-15,17H,5,16H2,1-4H3,(H,25,28). The molecule has 1 amide bonds. The fourth-order valence-electron chi connectivity index (χ4n) is 3.05. The minimum atomic E-state index is -3.68. The van der Waals surface area contributed by atoms with Crippen LogP contribution in [0, 0.1) is 0 Å². The van der Waals surface area contributed by atoms with E-state index < -0.39 is 15.9 Å². The quantitative estimate of drug-likeness (QED) is 0.578. The van der Waals surface area contributed by atoms with Gasteiger partial charge in [0.15, 0.2) is 0 Å². The summed E-state index contributed by atoms with van der Waals surface area (Å²) in [6.45, 7) is 6.22. The van der Waals surface area contributed by atoms with Gasteiger partial charge in [0.25, 0.3) is 5.91 Å². The van der Waals surface area contributed by atoms with Crippen LogP contribution in [-0.4, -0.2) is 41.5 Å². The van der Waals surface area contributed by atoms with E-state index in [0.29, 0.717) is 12.4 Å². The smallest absolute Gasteiger partial charge is 0.256 e. The zero-order valence-corrected chi connectivity index (χ0v) is 19.1. The zero-order chi connectivity index (χ0) is 22.6. The minimum Gasteiger partial charge on any atom is -0.307 e. The molecule has 164 valence electrons. The molecule has 31 heavy (non-hydrogen) atoms. The largest absolute Gasteiger partial charge is 0.307 e. The molecule has 0 aliphatic heterocycles. The van der Waals surface area contributed by atoms with Gasteiger partial charge in [-0.15, -0.1) is 0 Å². The zero-order valence-electron chi connectivity index (χ0n) is 18.2. The number of nitrogens with zero attached hydrogens (tertiary/aromatic N) is 3. The highest BCUT2D eigenvalue weighted by Gasteiger charge is 2.24. The number of anilines is 1. The van der Waals surface area contributed by atoms with Crippen molar-refractivity contribution in [3.05, 3.63) is 77.5 Å². The molecule has 0 spiro atoms. The van der Waals surface area contributed by atoms with E-state index in [2.05, 4.69) is 29.5 Å². The summed E-state index contributed by atoms with van der Waals surface area (Å²) in [5, 5.41) is 7.13. The number of aryl methyl sites for hydroxylation is 1. The maximum Gasteiger partial charge on any atom is 0.256 e. The van der Waals surface area contributed by atoms with Crippen molar-refractivity contribution in [3.63, 3.8) is 0 Å². The van der Waals surface area contributed by atoms with E-state index in [-0.39, 0.29) is 16.5 Å². The van der Waals surface area contributed by atoms with Gasteiger partial charge in [-0.25, -0.2) is 13.1 Å². The summed E-state index contributed by atoms with van der Waals surface area (Å²) in [5.41, 5.74) is 2.59. The molecule has 0 fully saturated rings. The molecule has 0 atom stereocenters. The third-order valence-electron chi connectivity index (χ3n) is 5.22. The average molecular weight is 441 g/mol. The van der Waals surface area contributed by atoms with E-state index in [1.54, 1.807) is 42.9 Å². The van der Waals surface area contributed by atoms with E-state index in [0.717, 1.165) is 12.0 Å². The molecular formula is C23H28N4O3S. The van der Waals surface area contributed by atoms with E-state index in [1.807, 2.05) is 12.1 Å². The summed E-state index contributed by atoms with van der Waals surface area (Å²) < 4.78 is 28.5. The lowest BCUT2D eigenvalue weighted by Crippen LogP contribution is -2.33. The van der Waals surface area contributed by atoms with Gasteiger partial charge < -0.3 is 5.32 Å². The van der Waals surface area contributed by atoms with Crippen molar-refractivity contribution in [2.45, 2.75) is 44.7 Å². The number of nitrogens with one attached hydrogen (secondary N) is 1. The molecule has 1 N–H and O–H groups in total. The fourth-order valence-corrected chi connectivity index (χ4v) is 4.46. The van der Waals surface area contributed by atoms with Crippen LogP contribution in [-0.2, 0) is 23.0 Å². The number of amides is 1. The van der Waals surface area contributed by atoms with Crippen LogP contribution in [0.5, 0.6) is 0 Å². The van der Waals surface area contributed by atoms with Gasteiger partial charge in [0, 0.05) is 24.7 Å². The van der Waals surface area contributed by atoms with E-state index in [9.17, 15) is 13.2 Å². The molecular weight excluding hydrogens is 412 g/mol. The van der Waals surface area contributed by atoms with Crippen LogP contribution < -0.4 is 5.32 Å². The first-order valence-electron chi connectivity index (χ1n) is 10.2. The number of hydrogen-bond donors (Lipinski definition) is 1. The van der Waals surface area contributed by atoms with Crippen LogP contribution >= 0.6 is 0 Å². The molecule has 3 rings (SSSR count). The summed E-state index contributed by atoms with van der Waals surface area (Å²) in [6.07, 6.45) is 2.60. The average Bonchev–Trinajstić information content (AvgIpc) is 3.20. The summed E-state index contributed by atoms with van der Waals surface area (Å²) in [7, 11) is -2.15. The number of aromatic nitrogens is 2.